The minimum absolute atomic E-state index is 0.176. The molecule has 2 N–H and O–H groups in total. The fourth-order valence-electron chi connectivity index (χ4n) is 2.96. The molecule has 0 aliphatic heterocycles. The van der Waals surface area contributed by atoms with Gasteiger partial charge in [0.2, 0.25) is 5.95 Å². The van der Waals surface area contributed by atoms with Gasteiger partial charge in [-0.3, -0.25) is 4.79 Å². The zero-order chi connectivity index (χ0) is 16.8. The van der Waals surface area contributed by atoms with E-state index in [1.807, 2.05) is 31.2 Å². The number of rotatable bonds is 5. The van der Waals surface area contributed by atoms with Crippen LogP contribution < -0.4 is 10.6 Å². The second-order valence-electron chi connectivity index (χ2n) is 6.41. The number of carbonyl (C=O) groups excluding carboxylic acids is 1. The molecular formula is C19H24N4O. The molecule has 1 aromatic carbocycles. The van der Waals surface area contributed by atoms with Gasteiger partial charge in [0.25, 0.3) is 5.91 Å². The van der Waals surface area contributed by atoms with Crippen molar-refractivity contribution in [2.75, 3.05) is 5.32 Å². The predicted molar refractivity (Wildman–Crippen MR) is 94.9 cm³/mol. The third-order valence-electron chi connectivity index (χ3n) is 4.40. The molecule has 5 nitrogen and oxygen atoms in total. The number of aryl methyl sites for hydroxylation is 1. The lowest BCUT2D eigenvalue weighted by molar-refractivity contribution is 0.0946. The number of hydrogen-bond acceptors (Lipinski definition) is 4. The number of aromatic nitrogens is 2. The highest BCUT2D eigenvalue weighted by Crippen LogP contribution is 2.20. The lowest BCUT2D eigenvalue weighted by atomic mass is 9.96. The SMILES string of the molecule is Cc1ccc(CNC(=O)c2ccnc(NC3CCCCC3)n2)cc1. The van der Waals surface area contributed by atoms with Gasteiger partial charge in [-0.15, -0.1) is 0 Å². The lowest BCUT2D eigenvalue weighted by Gasteiger charge is -2.22. The highest BCUT2D eigenvalue weighted by molar-refractivity contribution is 5.92. The van der Waals surface area contributed by atoms with Gasteiger partial charge < -0.3 is 10.6 Å². The van der Waals surface area contributed by atoms with Crippen molar-refractivity contribution in [2.45, 2.75) is 51.6 Å². The summed E-state index contributed by atoms with van der Waals surface area (Å²) in [5, 5.41) is 6.26. The van der Waals surface area contributed by atoms with E-state index in [2.05, 4.69) is 20.6 Å². The fourth-order valence-corrected chi connectivity index (χ4v) is 2.96. The second kappa shape index (κ2) is 7.90. The minimum Gasteiger partial charge on any atom is -0.351 e. The maximum atomic E-state index is 12.3. The van der Waals surface area contributed by atoms with Gasteiger partial charge in [-0.1, -0.05) is 49.1 Å². The molecule has 2 aromatic rings. The summed E-state index contributed by atoms with van der Waals surface area (Å²) in [6.45, 7) is 2.54. The van der Waals surface area contributed by atoms with Crippen molar-refractivity contribution in [3.8, 4) is 0 Å². The third-order valence-corrected chi connectivity index (χ3v) is 4.40. The molecule has 1 saturated carbocycles. The molecule has 0 saturated heterocycles. The topological polar surface area (TPSA) is 66.9 Å². The van der Waals surface area contributed by atoms with Crippen LogP contribution in [0.1, 0.15) is 53.7 Å². The van der Waals surface area contributed by atoms with E-state index in [0.29, 0.717) is 24.2 Å². The highest BCUT2D eigenvalue weighted by atomic mass is 16.1. The molecule has 0 radical (unpaired) electrons. The van der Waals surface area contributed by atoms with E-state index in [9.17, 15) is 4.79 Å². The summed E-state index contributed by atoms with van der Waals surface area (Å²) >= 11 is 0. The van der Waals surface area contributed by atoms with E-state index in [4.69, 9.17) is 0 Å². The van der Waals surface area contributed by atoms with Crippen molar-refractivity contribution in [3.05, 3.63) is 53.3 Å². The third kappa shape index (κ3) is 4.54. The largest absolute Gasteiger partial charge is 0.351 e. The van der Waals surface area contributed by atoms with Gasteiger partial charge in [0, 0.05) is 18.8 Å². The van der Waals surface area contributed by atoms with Gasteiger partial charge >= 0.3 is 0 Å². The van der Waals surface area contributed by atoms with Crippen LogP contribution in [-0.4, -0.2) is 21.9 Å². The molecule has 0 bridgehead atoms. The van der Waals surface area contributed by atoms with Crippen LogP contribution in [-0.2, 0) is 6.54 Å². The van der Waals surface area contributed by atoms with Crippen LogP contribution >= 0.6 is 0 Å². The summed E-state index contributed by atoms with van der Waals surface area (Å²) in [5.74, 6) is 0.370. The Kier molecular flexibility index (Phi) is 5.41. The number of hydrogen-bond donors (Lipinski definition) is 2. The normalized spacial score (nSPS) is 15.0. The van der Waals surface area contributed by atoms with Crippen molar-refractivity contribution in [1.29, 1.82) is 0 Å². The van der Waals surface area contributed by atoms with E-state index in [1.165, 1.54) is 24.8 Å². The average molecular weight is 324 g/mol. The Morgan fingerprint density at radius 3 is 2.62 bits per heavy atom. The monoisotopic (exact) mass is 324 g/mol. The van der Waals surface area contributed by atoms with Crippen LogP contribution in [0.4, 0.5) is 5.95 Å². The number of anilines is 1. The first-order valence-corrected chi connectivity index (χ1v) is 8.64. The molecule has 1 aliphatic rings. The zero-order valence-corrected chi connectivity index (χ0v) is 14.1. The molecule has 1 amide bonds. The summed E-state index contributed by atoms with van der Waals surface area (Å²) in [5.41, 5.74) is 2.68. The number of nitrogens with one attached hydrogen (secondary N) is 2. The van der Waals surface area contributed by atoms with Crippen molar-refractivity contribution >= 4 is 11.9 Å². The van der Waals surface area contributed by atoms with Gasteiger partial charge in [0.1, 0.15) is 5.69 Å². The summed E-state index contributed by atoms with van der Waals surface area (Å²) in [4.78, 5) is 20.9. The van der Waals surface area contributed by atoms with Gasteiger partial charge in [0.05, 0.1) is 0 Å². The van der Waals surface area contributed by atoms with E-state index in [-0.39, 0.29) is 5.91 Å². The van der Waals surface area contributed by atoms with Gasteiger partial charge in [-0.25, -0.2) is 9.97 Å². The smallest absolute Gasteiger partial charge is 0.270 e. The number of amides is 1. The summed E-state index contributed by atoms with van der Waals surface area (Å²) < 4.78 is 0. The van der Waals surface area contributed by atoms with Crippen LogP contribution in [0.2, 0.25) is 0 Å². The van der Waals surface area contributed by atoms with Crippen molar-refractivity contribution in [1.82, 2.24) is 15.3 Å². The van der Waals surface area contributed by atoms with E-state index < -0.39 is 0 Å². The Hall–Kier alpha value is -2.43. The van der Waals surface area contributed by atoms with Crippen molar-refractivity contribution in [2.24, 2.45) is 0 Å². The van der Waals surface area contributed by atoms with Gasteiger partial charge in [-0.05, 0) is 31.4 Å². The molecule has 5 heteroatoms. The molecule has 3 rings (SSSR count). The Balaban J connectivity index is 1.58. The maximum Gasteiger partial charge on any atom is 0.270 e. The van der Waals surface area contributed by atoms with E-state index in [0.717, 1.165) is 18.4 Å². The summed E-state index contributed by atoms with van der Waals surface area (Å²) in [6.07, 6.45) is 7.72. The molecule has 0 atom stereocenters. The molecule has 0 unspecified atom stereocenters. The number of carbonyl (C=O) groups is 1. The first-order chi connectivity index (χ1) is 11.7. The zero-order valence-electron chi connectivity index (χ0n) is 14.1. The Morgan fingerprint density at radius 2 is 1.88 bits per heavy atom. The van der Waals surface area contributed by atoms with Crippen LogP contribution in [0.15, 0.2) is 36.5 Å². The molecular weight excluding hydrogens is 300 g/mol. The van der Waals surface area contributed by atoms with Crippen LogP contribution in [0.5, 0.6) is 0 Å². The highest BCUT2D eigenvalue weighted by Gasteiger charge is 2.15. The molecule has 1 fully saturated rings. The van der Waals surface area contributed by atoms with Crippen LogP contribution in [0, 0.1) is 6.92 Å². The minimum atomic E-state index is -0.176. The van der Waals surface area contributed by atoms with Gasteiger partial charge in [0.15, 0.2) is 0 Å². The predicted octanol–water partition coefficient (Wildman–Crippen LogP) is 3.46. The quantitative estimate of drug-likeness (QED) is 0.884. The molecule has 0 spiro atoms. The Bertz CT molecular complexity index is 678. The van der Waals surface area contributed by atoms with Crippen LogP contribution in [0.25, 0.3) is 0 Å². The molecule has 1 heterocycles. The Labute approximate surface area is 142 Å². The van der Waals surface area contributed by atoms with Crippen molar-refractivity contribution < 1.29 is 4.79 Å². The molecule has 126 valence electrons. The standard InChI is InChI=1S/C19H24N4O/c1-14-7-9-15(10-8-14)13-21-18(24)17-11-12-20-19(23-17)22-16-5-3-2-4-6-16/h7-12,16H,2-6,13H2,1H3,(H,21,24)(H,20,22,23). The Morgan fingerprint density at radius 1 is 1.12 bits per heavy atom. The number of nitrogens with zero attached hydrogens (tertiary/aromatic N) is 2. The van der Waals surface area contributed by atoms with E-state index >= 15 is 0 Å². The van der Waals surface area contributed by atoms with E-state index in [1.54, 1.807) is 12.3 Å². The van der Waals surface area contributed by atoms with Crippen LogP contribution in [0.3, 0.4) is 0 Å². The lowest BCUT2D eigenvalue weighted by Crippen LogP contribution is -2.26. The average Bonchev–Trinajstić information content (AvgIpc) is 2.62. The number of benzene rings is 1. The second-order valence-corrected chi connectivity index (χ2v) is 6.41. The summed E-state index contributed by atoms with van der Waals surface area (Å²) in [7, 11) is 0. The van der Waals surface area contributed by atoms with Crippen molar-refractivity contribution in [3.63, 3.8) is 0 Å². The maximum absolute atomic E-state index is 12.3. The molecule has 1 aromatic heterocycles. The van der Waals surface area contributed by atoms with Gasteiger partial charge in [-0.2, -0.15) is 0 Å². The first-order valence-electron chi connectivity index (χ1n) is 8.64. The molecule has 1 aliphatic carbocycles. The first kappa shape index (κ1) is 16.4. The molecule has 24 heavy (non-hydrogen) atoms. The fraction of sp³-hybridized carbons (Fsp3) is 0.421. The summed E-state index contributed by atoms with van der Waals surface area (Å²) in [6, 6.07) is 10.2.